The van der Waals surface area contributed by atoms with Crippen LogP contribution >= 0.6 is 11.6 Å². The molecule has 2 aromatic carbocycles. The maximum atomic E-state index is 13.8. The first-order valence-corrected chi connectivity index (χ1v) is 11.7. The summed E-state index contributed by atoms with van der Waals surface area (Å²) in [5.41, 5.74) is 3.85. The van der Waals surface area contributed by atoms with Gasteiger partial charge in [-0.15, -0.1) is 0 Å². The molecule has 8 heteroatoms. The van der Waals surface area contributed by atoms with E-state index in [2.05, 4.69) is 22.1 Å². The lowest BCUT2D eigenvalue weighted by atomic mass is 9.87. The molecule has 1 amide bonds. The first kappa shape index (κ1) is 21.6. The molecule has 170 valence electrons. The molecule has 0 aliphatic carbocycles. The molecule has 1 aliphatic heterocycles. The van der Waals surface area contributed by atoms with Gasteiger partial charge < -0.3 is 9.32 Å². The average molecular weight is 464 g/mol. The number of amides is 1. The Balaban J connectivity index is 1.40. The molecule has 0 unspecified atom stereocenters. The van der Waals surface area contributed by atoms with Crippen molar-refractivity contribution in [3.05, 3.63) is 70.8 Å². The van der Waals surface area contributed by atoms with E-state index in [-0.39, 0.29) is 11.9 Å². The normalized spacial score (nSPS) is 18.7. The molecule has 0 saturated carbocycles. The zero-order valence-corrected chi connectivity index (χ0v) is 19.5. The summed E-state index contributed by atoms with van der Waals surface area (Å²) >= 11 is 6.08. The van der Waals surface area contributed by atoms with Gasteiger partial charge in [-0.2, -0.15) is 15.0 Å². The highest BCUT2D eigenvalue weighted by atomic mass is 35.5. The van der Waals surface area contributed by atoms with E-state index in [1.165, 1.54) is 4.80 Å². The Kier molecular flexibility index (Phi) is 5.89. The SMILES string of the molecule is Cc1ccc(-n2nccn2)c(C(=O)N2CCC[C@@H](C)[C@H]2CCc2nc3cc(Cl)ccc3o2)c1. The lowest BCUT2D eigenvalue weighted by molar-refractivity contribution is 0.0495. The topological polar surface area (TPSA) is 77.1 Å². The van der Waals surface area contributed by atoms with Gasteiger partial charge in [-0.3, -0.25) is 4.79 Å². The number of rotatable bonds is 5. The van der Waals surface area contributed by atoms with Crippen LogP contribution in [0.15, 0.2) is 53.2 Å². The van der Waals surface area contributed by atoms with Gasteiger partial charge in [-0.05, 0) is 62.4 Å². The van der Waals surface area contributed by atoms with Crippen LogP contribution in [0.4, 0.5) is 0 Å². The lowest BCUT2D eigenvalue weighted by Crippen LogP contribution is -2.48. The highest BCUT2D eigenvalue weighted by molar-refractivity contribution is 6.31. The number of nitrogens with zero attached hydrogens (tertiary/aromatic N) is 5. The van der Waals surface area contributed by atoms with Gasteiger partial charge in [0.1, 0.15) is 5.52 Å². The van der Waals surface area contributed by atoms with E-state index in [4.69, 9.17) is 16.0 Å². The van der Waals surface area contributed by atoms with Crippen LogP contribution in [0.5, 0.6) is 0 Å². The second-order valence-corrected chi connectivity index (χ2v) is 9.22. The summed E-state index contributed by atoms with van der Waals surface area (Å²) in [4.78, 5) is 21.9. The number of fused-ring (bicyclic) bond motifs is 1. The number of carbonyl (C=O) groups excluding carboxylic acids is 1. The quantitative estimate of drug-likeness (QED) is 0.404. The van der Waals surface area contributed by atoms with Crippen LogP contribution in [0.1, 0.15) is 48.0 Å². The summed E-state index contributed by atoms with van der Waals surface area (Å²) in [6.07, 6.45) is 6.77. The van der Waals surface area contributed by atoms with Gasteiger partial charge in [0.05, 0.1) is 23.6 Å². The van der Waals surface area contributed by atoms with Crippen molar-refractivity contribution in [1.29, 1.82) is 0 Å². The van der Waals surface area contributed by atoms with Crippen molar-refractivity contribution < 1.29 is 9.21 Å². The molecular formula is C25H26ClN5O2. The summed E-state index contributed by atoms with van der Waals surface area (Å²) in [6, 6.07) is 11.4. The maximum Gasteiger partial charge on any atom is 0.256 e. The molecule has 4 aromatic rings. The number of likely N-dealkylation sites (tertiary alicyclic amines) is 1. The van der Waals surface area contributed by atoms with E-state index in [0.717, 1.165) is 42.5 Å². The van der Waals surface area contributed by atoms with Crippen molar-refractivity contribution in [3.63, 3.8) is 0 Å². The molecule has 0 bridgehead atoms. The Labute approximate surface area is 197 Å². The Morgan fingerprint density at radius 2 is 2.00 bits per heavy atom. The monoisotopic (exact) mass is 463 g/mol. The molecule has 7 nitrogen and oxygen atoms in total. The molecule has 33 heavy (non-hydrogen) atoms. The van der Waals surface area contributed by atoms with E-state index in [1.807, 2.05) is 42.2 Å². The standard InChI is InChI=1S/C25H26ClN5O2/c1-16-5-7-22(31-27-11-12-28-31)19(14-16)25(32)30-13-3-4-17(2)21(30)8-10-24-29-20-15-18(26)6-9-23(20)33-24/h5-7,9,11-12,14-15,17,21H,3-4,8,10,13H2,1-2H3/t17-,21-/m1/s1. The van der Waals surface area contributed by atoms with E-state index in [0.29, 0.717) is 34.5 Å². The minimum absolute atomic E-state index is 0.0203. The number of hydrogen-bond acceptors (Lipinski definition) is 5. The van der Waals surface area contributed by atoms with E-state index < -0.39 is 0 Å². The van der Waals surface area contributed by atoms with E-state index in [9.17, 15) is 4.79 Å². The second-order valence-electron chi connectivity index (χ2n) is 8.78. The molecule has 0 spiro atoms. The fraction of sp³-hybridized carbons (Fsp3) is 0.360. The predicted octanol–water partition coefficient (Wildman–Crippen LogP) is 5.24. The predicted molar refractivity (Wildman–Crippen MR) is 127 cm³/mol. The maximum absolute atomic E-state index is 13.8. The number of benzene rings is 2. The van der Waals surface area contributed by atoms with Crippen LogP contribution in [-0.2, 0) is 6.42 Å². The van der Waals surface area contributed by atoms with Crippen LogP contribution < -0.4 is 0 Å². The lowest BCUT2D eigenvalue weighted by Gasteiger charge is -2.40. The summed E-state index contributed by atoms with van der Waals surface area (Å²) in [5.74, 6) is 1.08. The largest absolute Gasteiger partial charge is 0.441 e. The number of piperidine rings is 1. The first-order valence-electron chi connectivity index (χ1n) is 11.3. The van der Waals surface area contributed by atoms with Gasteiger partial charge in [0, 0.05) is 24.0 Å². The van der Waals surface area contributed by atoms with Crippen LogP contribution in [-0.4, -0.2) is 43.4 Å². The molecule has 2 aromatic heterocycles. The number of halogens is 1. The van der Waals surface area contributed by atoms with Gasteiger partial charge >= 0.3 is 0 Å². The van der Waals surface area contributed by atoms with Crippen molar-refractivity contribution in [3.8, 4) is 5.69 Å². The zero-order chi connectivity index (χ0) is 22.9. The Bertz CT molecular complexity index is 1280. The van der Waals surface area contributed by atoms with Gasteiger partial charge in [-0.25, -0.2) is 4.98 Å². The van der Waals surface area contributed by atoms with Gasteiger partial charge in [0.2, 0.25) is 0 Å². The van der Waals surface area contributed by atoms with Crippen molar-refractivity contribution in [2.75, 3.05) is 6.54 Å². The second kappa shape index (κ2) is 8.98. The smallest absolute Gasteiger partial charge is 0.256 e. The molecule has 1 fully saturated rings. The van der Waals surface area contributed by atoms with Gasteiger partial charge in [0.15, 0.2) is 11.5 Å². The molecule has 1 aliphatic rings. The molecule has 3 heterocycles. The number of aromatic nitrogens is 4. The van der Waals surface area contributed by atoms with Crippen LogP contribution in [0.25, 0.3) is 16.8 Å². The zero-order valence-electron chi connectivity index (χ0n) is 18.7. The van der Waals surface area contributed by atoms with Crippen molar-refractivity contribution in [2.45, 2.75) is 45.6 Å². The molecule has 1 saturated heterocycles. The molecule has 2 atom stereocenters. The van der Waals surface area contributed by atoms with Crippen LogP contribution in [0, 0.1) is 12.8 Å². The number of aryl methyl sites for hydroxylation is 2. The number of oxazole rings is 1. The van der Waals surface area contributed by atoms with Gasteiger partial charge in [0.25, 0.3) is 5.91 Å². The third-order valence-electron chi connectivity index (χ3n) is 6.44. The summed E-state index contributed by atoms with van der Waals surface area (Å²) in [6.45, 7) is 4.95. The van der Waals surface area contributed by atoms with Crippen molar-refractivity contribution in [1.82, 2.24) is 24.9 Å². The van der Waals surface area contributed by atoms with E-state index >= 15 is 0 Å². The Hall–Kier alpha value is -3.19. The molecule has 5 rings (SSSR count). The third-order valence-corrected chi connectivity index (χ3v) is 6.68. The highest BCUT2D eigenvalue weighted by Gasteiger charge is 2.33. The van der Waals surface area contributed by atoms with Gasteiger partial charge in [-0.1, -0.05) is 30.2 Å². The van der Waals surface area contributed by atoms with Crippen LogP contribution in [0.3, 0.4) is 0 Å². The summed E-state index contributed by atoms with van der Waals surface area (Å²) < 4.78 is 5.92. The summed E-state index contributed by atoms with van der Waals surface area (Å²) in [5, 5.41) is 9.13. The molecule has 0 radical (unpaired) electrons. The number of carbonyl (C=O) groups is 1. The Morgan fingerprint density at radius 1 is 1.18 bits per heavy atom. The highest BCUT2D eigenvalue weighted by Crippen LogP contribution is 2.30. The summed E-state index contributed by atoms with van der Waals surface area (Å²) in [7, 11) is 0. The van der Waals surface area contributed by atoms with Crippen molar-refractivity contribution in [2.24, 2.45) is 5.92 Å². The minimum Gasteiger partial charge on any atom is -0.441 e. The third kappa shape index (κ3) is 4.37. The number of hydrogen-bond donors (Lipinski definition) is 0. The average Bonchev–Trinajstić information content (AvgIpc) is 3.47. The minimum atomic E-state index is 0.0203. The van der Waals surface area contributed by atoms with Crippen LogP contribution in [0.2, 0.25) is 5.02 Å². The van der Waals surface area contributed by atoms with Crippen molar-refractivity contribution >= 4 is 28.6 Å². The molecule has 0 N–H and O–H groups in total. The van der Waals surface area contributed by atoms with E-state index in [1.54, 1.807) is 18.5 Å². The Morgan fingerprint density at radius 3 is 2.82 bits per heavy atom. The molecular weight excluding hydrogens is 438 g/mol. The fourth-order valence-electron chi connectivity index (χ4n) is 4.76. The fourth-order valence-corrected chi connectivity index (χ4v) is 4.92. The first-order chi connectivity index (χ1) is 16.0.